The molecule has 2 heterocycles. The molecule has 0 amide bonds. The van der Waals surface area contributed by atoms with Crippen molar-refractivity contribution in [3.05, 3.63) is 23.9 Å². The molecule has 1 aromatic rings. The molecule has 2 rings (SSSR count). The van der Waals surface area contributed by atoms with E-state index in [0.717, 1.165) is 19.1 Å². The Morgan fingerprint density at radius 2 is 2.11 bits per heavy atom. The maximum Gasteiger partial charge on any atom is 0.126 e. The first-order valence-corrected chi connectivity index (χ1v) is 6.96. The van der Waals surface area contributed by atoms with Crippen LogP contribution in [0.3, 0.4) is 0 Å². The number of nitrogen functional groups attached to an aromatic ring is 1. The van der Waals surface area contributed by atoms with Gasteiger partial charge in [-0.2, -0.15) is 0 Å². The number of hydrogen-bond donors (Lipinski definition) is 1. The number of pyridine rings is 1. The van der Waals surface area contributed by atoms with E-state index in [-0.39, 0.29) is 0 Å². The molecular weight excluding hydrogens is 224 g/mol. The molecule has 1 aliphatic heterocycles. The first kappa shape index (κ1) is 13.3. The highest BCUT2D eigenvalue weighted by Crippen LogP contribution is 2.36. The molecule has 1 saturated heterocycles. The maximum absolute atomic E-state index is 6.03. The van der Waals surface area contributed by atoms with Gasteiger partial charge < -0.3 is 10.5 Å². The zero-order chi connectivity index (χ0) is 13.0. The molecule has 0 aliphatic carbocycles. The van der Waals surface area contributed by atoms with Crippen LogP contribution in [0.15, 0.2) is 18.3 Å². The van der Waals surface area contributed by atoms with Gasteiger partial charge in [-0.1, -0.05) is 19.9 Å². The van der Waals surface area contributed by atoms with E-state index in [1.54, 1.807) is 6.20 Å². The van der Waals surface area contributed by atoms with E-state index in [1.807, 2.05) is 6.07 Å². The van der Waals surface area contributed by atoms with Gasteiger partial charge >= 0.3 is 0 Å². The second kappa shape index (κ2) is 6.19. The molecule has 100 valence electrons. The van der Waals surface area contributed by atoms with Crippen molar-refractivity contribution in [1.82, 2.24) is 4.98 Å². The molecular formula is C15H24N2O. The molecule has 1 atom stereocenters. The lowest BCUT2D eigenvalue weighted by Gasteiger charge is -2.29. The van der Waals surface area contributed by atoms with E-state index in [1.165, 1.54) is 24.8 Å². The summed E-state index contributed by atoms with van der Waals surface area (Å²) in [5.41, 5.74) is 7.25. The summed E-state index contributed by atoms with van der Waals surface area (Å²) in [5.74, 6) is 2.58. The third kappa shape index (κ3) is 3.22. The van der Waals surface area contributed by atoms with Gasteiger partial charge in [0.25, 0.3) is 0 Å². The van der Waals surface area contributed by atoms with E-state index in [9.17, 15) is 0 Å². The smallest absolute Gasteiger partial charge is 0.126 e. The third-order valence-electron chi connectivity index (χ3n) is 4.00. The molecule has 18 heavy (non-hydrogen) atoms. The monoisotopic (exact) mass is 248 g/mol. The lowest BCUT2D eigenvalue weighted by Crippen LogP contribution is -2.20. The van der Waals surface area contributed by atoms with Crippen LogP contribution in [0.5, 0.6) is 0 Å². The summed E-state index contributed by atoms with van der Waals surface area (Å²) in [6.07, 6.45) is 5.34. The van der Waals surface area contributed by atoms with Crippen LogP contribution in [-0.2, 0) is 4.74 Å². The molecule has 2 N–H and O–H groups in total. The van der Waals surface area contributed by atoms with Crippen LogP contribution < -0.4 is 5.73 Å². The van der Waals surface area contributed by atoms with Gasteiger partial charge in [0.05, 0.1) is 0 Å². The Balaban J connectivity index is 2.10. The lowest BCUT2D eigenvalue weighted by molar-refractivity contribution is 0.0601. The summed E-state index contributed by atoms with van der Waals surface area (Å²) in [6.45, 7) is 6.38. The van der Waals surface area contributed by atoms with E-state index < -0.39 is 0 Å². The highest BCUT2D eigenvalue weighted by molar-refractivity contribution is 5.41. The Hall–Kier alpha value is -1.09. The number of aromatic nitrogens is 1. The van der Waals surface area contributed by atoms with Gasteiger partial charge in [-0.25, -0.2) is 4.98 Å². The van der Waals surface area contributed by atoms with Gasteiger partial charge in [0.15, 0.2) is 0 Å². The van der Waals surface area contributed by atoms with E-state index in [2.05, 4.69) is 24.9 Å². The summed E-state index contributed by atoms with van der Waals surface area (Å²) >= 11 is 0. The Morgan fingerprint density at radius 1 is 1.39 bits per heavy atom. The summed E-state index contributed by atoms with van der Waals surface area (Å²) in [5, 5.41) is 0. The molecule has 1 aromatic heterocycles. The highest BCUT2D eigenvalue weighted by atomic mass is 16.5. The Kier molecular flexibility index (Phi) is 4.59. The van der Waals surface area contributed by atoms with Crippen LogP contribution in [-0.4, -0.2) is 18.2 Å². The molecule has 1 aliphatic rings. The SMILES string of the molecule is CC(C)[C@H](CC1CCOCC1)c1cccnc1N. The first-order chi connectivity index (χ1) is 8.68. The highest BCUT2D eigenvalue weighted by Gasteiger charge is 2.24. The van der Waals surface area contributed by atoms with Crippen molar-refractivity contribution >= 4 is 5.82 Å². The van der Waals surface area contributed by atoms with Crippen molar-refractivity contribution < 1.29 is 4.74 Å². The minimum Gasteiger partial charge on any atom is -0.383 e. The van der Waals surface area contributed by atoms with Gasteiger partial charge in [-0.05, 0) is 48.6 Å². The van der Waals surface area contributed by atoms with E-state index >= 15 is 0 Å². The summed E-state index contributed by atoms with van der Waals surface area (Å²) in [4.78, 5) is 4.23. The molecule has 3 nitrogen and oxygen atoms in total. The molecule has 0 radical (unpaired) electrons. The average molecular weight is 248 g/mol. The first-order valence-electron chi connectivity index (χ1n) is 6.96. The van der Waals surface area contributed by atoms with Crippen LogP contribution in [0, 0.1) is 11.8 Å². The predicted octanol–water partition coefficient (Wildman–Crippen LogP) is 3.22. The summed E-state index contributed by atoms with van der Waals surface area (Å²) in [7, 11) is 0. The van der Waals surface area contributed by atoms with Gasteiger partial charge in [0.2, 0.25) is 0 Å². The average Bonchev–Trinajstić information content (AvgIpc) is 2.38. The van der Waals surface area contributed by atoms with Crippen molar-refractivity contribution in [3.8, 4) is 0 Å². The fourth-order valence-electron chi connectivity index (χ4n) is 2.84. The second-order valence-corrected chi connectivity index (χ2v) is 5.62. The van der Waals surface area contributed by atoms with Crippen molar-refractivity contribution in [3.63, 3.8) is 0 Å². The largest absolute Gasteiger partial charge is 0.383 e. The molecule has 0 aromatic carbocycles. The lowest BCUT2D eigenvalue weighted by atomic mass is 9.79. The molecule has 0 unspecified atom stereocenters. The standard InChI is InChI=1S/C15H24N2O/c1-11(2)14(10-12-5-8-18-9-6-12)13-4-3-7-17-15(13)16/h3-4,7,11-12,14H,5-6,8-10H2,1-2H3,(H2,16,17)/t14-/m0/s1. The minimum absolute atomic E-state index is 0.516. The number of nitrogens with two attached hydrogens (primary N) is 1. The fraction of sp³-hybridized carbons (Fsp3) is 0.667. The van der Waals surface area contributed by atoms with E-state index in [0.29, 0.717) is 17.7 Å². The number of nitrogens with zero attached hydrogens (tertiary/aromatic N) is 1. The molecule has 0 spiro atoms. The van der Waals surface area contributed by atoms with E-state index in [4.69, 9.17) is 10.5 Å². The Morgan fingerprint density at radius 3 is 2.72 bits per heavy atom. The van der Waals surface area contributed by atoms with Crippen LogP contribution >= 0.6 is 0 Å². The fourth-order valence-corrected chi connectivity index (χ4v) is 2.84. The van der Waals surface area contributed by atoms with Gasteiger partial charge in [0, 0.05) is 19.4 Å². The van der Waals surface area contributed by atoms with Crippen molar-refractivity contribution in [2.75, 3.05) is 18.9 Å². The van der Waals surface area contributed by atoms with Gasteiger partial charge in [0.1, 0.15) is 5.82 Å². The Bertz CT molecular complexity index is 373. The number of rotatable bonds is 4. The summed E-state index contributed by atoms with van der Waals surface area (Å²) in [6, 6.07) is 4.12. The van der Waals surface area contributed by atoms with Crippen molar-refractivity contribution in [2.24, 2.45) is 11.8 Å². The zero-order valence-electron chi connectivity index (χ0n) is 11.4. The number of ether oxygens (including phenoxy) is 1. The molecule has 0 bridgehead atoms. The van der Waals surface area contributed by atoms with Crippen LogP contribution in [0.1, 0.15) is 44.6 Å². The predicted molar refractivity (Wildman–Crippen MR) is 74.4 cm³/mol. The van der Waals surface area contributed by atoms with Crippen molar-refractivity contribution in [1.29, 1.82) is 0 Å². The number of anilines is 1. The quantitative estimate of drug-likeness (QED) is 0.890. The topological polar surface area (TPSA) is 48.1 Å². The Labute approximate surface area is 110 Å². The molecule has 3 heteroatoms. The maximum atomic E-state index is 6.03. The molecule has 1 fully saturated rings. The second-order valence-electron chi connectivity index (χ2n) is 5.62. The zero-order valence-corrected chi connectivity index (χ0v) is 11.4. The van der Waals surface area contributed by atoms with Crippen molar-refractivity contribution in [2.45, 2.75) is 39.0 Å². The van der Waals surface area contributed by atoms with Crippen LogP contribution in [0.2, 0.25) is 0 Å². The molecule has 0 saturated carbocycles. The van der Waals surface area contributed by atoms with Gasteiger partial charge in [-0.3, -0.25) is 0 Å². The number of hydrogen-bond acceptors (Lipinski definition) is 3. The van der Waals surface area contributed by atoms with Crippen LogP contribution in [0.25, 0.3) is 0 Å². The third-order valence-corrected chi connectivity index (χ3v) is 4.00. The van der Waals surface area contributed by atoms with Gasteiger partial charge in [-0.15, -0.1) is 0 Å². The normalized spacial score (nSPS) is 19.1. The summed E-state index contributed by atoms with van der Waals surface area (Å²) < 4.78 is 5.43. The minimum atomic E-state index is 0.516. The van der Waals surface area contributed by atoms with Crippen LogP contribution in [0.4, 0.5) is 5.82 Å².